The van der Waals surface area contributed by atoms with Crippen molar-refractivity contribution in [2.45, 2.75) is 26.2 Å². The molecule has 0 aliphatic heterocycles. The second-order valence-electron chi connectivity index (χ2n) is 6.55. The molecular weight excluding hydrogens is 478 g/mol. The predicted octanol–water partition coefficient (Wildman–Crippen LogP) is 6.82. The van der Waals surface area contributed by atoms with E-state index >= 15 is 0 Å². The average molecular weight is 494 g/mol. The minimum Gasteiger partial charge on any atom is -0.378 e. The van der Waals surface area contributed by atoms with Gasteiger partial charge in [-0.2, -0.15) is 26.3 Å². The van der Waals surface area contributed by atoms with Gasteiger partial charge >= 0.3 is 12.4 Å². The number of anilines is 2. The fourth-order valence-corrected chi connectivity index (χ4v) is 2.82. The number of nitrogens with zero attached hydrogens (tertiary/aromatic N) is 4. The Kier molecular flexibility index (Phi) is 7.64. The number of nitrogens with one attached hydrogen (secondary N) is 2. The molecule has 2 aromatic carbocycles. The molecule has 16 heteroatoms. The van der Waals surface area contributed by atoms with Gasteiger partial charge in [0.1, 0.15) is 22.7 Å². The summed E-state index contributed by atoms with van der Waals surface area (Å²) in [5.41, 5.74) is -7.21. The largest absolute Gasteiger partial charge is 0.416 e. The summed E-state index contributed by atoms with van der Waals surface area (Å²) in [4.78, 5) is 20.5. The van der Waals surface area contributed by atoms with Crippen LogP contribution in [0.25, 0.3) is 0 Å². The Hall–Kier alpha value is -3.98. The number of nitro groups is 2. The van der Waals surface area contributed by atoms with Crippen molar-refractivity contribution in [1.82, 2.24) is 0 Å². The zero-order chi connectivity index (χ0) is 25.8. The Balaban J connectivity index is 2.83. The van der Waals surface area contributed by atoms with Crippen LogP contribution in [0.3, 0.4) is 0 Å². The first-order chi connectivity index (χ1) is 15.7. The lowest BCUT2D eigenvalue weighted by atomic mass is 10.1. The highest BCUT2D eigenvalue weighted by atomic mass is 19.4. The summed E-state index contributed by atoms with van der Waals surface area (Å²) in [6.45, 7) is 3.02. The normalized spacial score (nSPS) is 12.1. The molecule has 10 nitrogen and oxygen atoms in total. The van der Waals surface area contributed by atoms with Crippen LogP contribution in [0.5, 0.6) is 0 Å². The van der Waals surface area contributed by atoms with E-state index < -0.39 is 67.5 Å². The summed E-state index contributed by atoms with van der Waals surface area (Å²) in [6.07, 6.45) is -10.0. The van der Waals surface area contributed by atoms with Crippen molar-refractivity contribution < 1.29 is 36.2 Å². The van der Waals surface area contributed by atoms with Crippen molar-refractivity contribution in [2.75, 3.05) is 23.7 Å². The zero-order valence-electron chi connectivity index (χ0n) is 17.4. The Bertz CT molecular complexity index is 1050. The molecule has 0 aliphatic rings. The first-order valence-corrected chi connectivity index (χ1v) is 9.39. The summed E-state index contributed by atoms with van der Waals surface area (Å²) in [5.74, 6) is 0. The average Bonchev–Trinajstić information content (AvgIpc) is 2.71. The van der Waals surface area contributed by atoms with Gasteiger partial charge in [-0.05, 0) is 26.0 Å². The molecule has 0 amide bonds. The number of hydrogen-bond acceptors (Lipinski definition) is 8. The number of azo groups is 1. The van der Waals surface area contributed by atoms with Crippen LogP contribution in [0, 0.1) is 20.2 Å². The second-order valence-corrected chi connectivity index (χ2v) is 6.55. The minimum absolute atomic E-state index is 0.0202. The van der Waals surface area contributed by atoms with E-state index in [0.29, 0.717) is 12.1 Å². The Labute approximate surface area is 187 Å². The first kappa shape index (κ1) is 26.3. The molecular formula is C18H16F6N6O4. The van der Waals surface area contributed by atoms with Gasteiger partial charge in [0.2, 0.25) is 0 Å². The van der Waals surface area contributed by atoms with Gasteiger partial charge < -0.3 is 10.6 Å². The quantitative estimate of drug-likeness (QED) is 0.179. The number of hydrogen-bond donors (Lipinski definition) is 2. The molecule has 0 fully saturated rings. The van der Waals surface area contributed by atoms with Crippen LogP contribution in [0.4, 0.5) is 60.5 Å². The van der Waals surface area contributed by atoms with E-state index in [2.05, 4.69) is 20.9 Å². The molecule has 0 aliphatic carbocycles. The van der Waals surface area contributed by atoms with Gasteiger partial charge in [0, 0.05) is 25.2 Å². The maximum atomic E-state index is 13.3. The fraction of sp³-hybridized carbons (Fsp3) is 0.333. The van der Waals surface area contributed by atoms with E-state index in [4.69, 9.17) is 0 Å². The van der Waals surface area contributed by atoms with Crippen LogP contribution in [0.15, 0.2) is 34.5 Å². The summed E-state index contributed by atoms with van der Waals surface area (Å²) in [6, 6.07) is 1.39. The first-order valence-electron chi connectivity index (χ1n) is 9.39. The molecule has 184 valence electrons. The second kappa shape index (κ2) is 9.88. The van der Waals surface area contributed by atoms with Gasteiger partial charge in [-0.1, -0.05) is 0 Å². The van der Waals surface area contributed by atoms with E-state index in [1.807, 2.05) is 0 Å². The Morgan fingerprint density at radius 2 is 1.06 bits per heavy atom. The van der Waals surface area contributed by atoms with Crippen molar-refractivity contribution in [3.8, 4) is 0 Å². The molecule has 2 N–H and O–H groups in total. The van der Waals surface area contributed by atoms with E-state index in [1.54, 1.807) is 0 Å². The monoisotopic (exact) mass is 494 g/mol. The van der Waals surface area contributed by atoms with Crippen LogP contribution in [0.2, 0.25) is 0 Å². The summed E-state index contributed by atoms with van der Waals surface area (Å²) in [7, 11) is 0. The summed E-state index contributed by atoms with van der Waals surface area (Å²) < 4.78 is 79.5. The number of alkyl halides is 6. The molecule has 0 bridgehead atoms. The summed E-state index contributed by atoms with van der Waals surface area (Å²) >= 11 is 0. The van der Waals surface area contributed by atoms with Crippen LogP contribution >= 0.6 is 0 Å². The van der Waals surface area contributed by atoms with Crippen molar-refractivity contribution >= 4 is 34.1 Å². The fourth-order valence-electron chi connectivity index (χ4n) is 2.82. The van der Waals surface area contributed by atoms with Crippen molar-refractivity contribution in [1.29, 1.82) is 0 Å². The molecule has 2 rings (SSSR count). The van der Waals surface area contributed by atoms with Crippen LogP contribution in [0.1, 0.15) is 25.0 Å². The van der Waals surface area contributed by atoms with Gasteiger partial charge in [0.05, 0.1) is 21.0 Å². The van der Waals surface area contributed by atoms with Gasteiger partial charge in [-0.15, -0.1) is 10.2 Å². The minimum atomic E-state index is -5.01. The van der Waals surface area contributed by atoms with Crippen LogP contribution < -0.4 is 10.6 Å². The van der Waals surface area contributed by atoms with Gasteiger partial charge in [0.25, 0.3) is 11.4 Å². The SMILES string of the molecule is CCNc1c(N=Nc2cc(C(F)(F)F)cc([N+](=O)[O-])c2NCC)cc(C(F)(F)F)cc1[N+](=O)[O-]. The molecule has 0 atom stereocenters. The molecule has 34 heavy (non-hydrogen) atoms. The lowest BCUT2D eigenvalue weighted by Gasteiger charge is -2.13. The van der Waals surface area contributed by atoms with Gasteiger partial charge in [-0.25, -0.2) is 0 Å². The molecule has 0 saturated carbocycles. The van der Waals surface area contributed by atoms with Crippen molar-refractivity contribution in [3.63, 3.8) is 0 Å². The molecule has 0 heterocycles. The lowest BCUT2D eigenvalue weighted by Crippen LogP contribution is -2.09. The molecule has 0 spiro atoms. The number of benzene rings is 2. The molecule has 0 aromatic heterocycles. The molecule has 0 saturated heterocycles. The van der Waals surface area contributed by atoms with Gasteiger partial charge in [-0.3, -0.25) is 20.2 Å². The third-order valence-electron chi connectivity index (χ3n) is 4.21. The Morgan fingerprint density at radius 3 is 1.29 bits per heavy atom. The van der Waals surface area contributed by atoms with E-state index in [0.717, 1.165) is 0 Å². The Morgan fingerprint density at radius 1 is 0.735 bits per heavy atom. The summed E-state index contributed by atoms with van der Waals surface area (Å²) in [5, 5.41) is 34.6. The lowest BCUT2D eigenvalue weighted by molar-refractivity contribution is -0.384. The van der Waals surface area contributed by atoms with Crippen LogP contribution in [-0.4, -0.2) is 22.9 Å². The topological polar surface area (TPSA) is 135 Å². The van der Waals surface area contributed by atoms with Crippen molar-refractivity contribution in [3.05, 3.63) is 55.6 Å². The molecule has 0 radical (unpaired) electrons. The number of nitro benzene ring substituents is 2. The third-order valence-corrected chi connectivity index (χ3v) is 4.21. The highest BCUT2D eigenvalue weighted by Crippen LogP contribution is 2.44. The van der Waals surface area contributed by atoms with E-state index in [1.165, 1.54) is 13.8 Å². The number of rotatable bonds is 8. The van der Waals surface area contributed by atoms with E-state index in [-0.39, 0.29) is 25.2 Å². The van der Waals surface area contributed by atoms with Crippen molar-refractivity contribution in [2.24, 2.45) is 10.2 Å². The van der Waals surface area contributed by atoms with Gasteiger partial charge in [0.15, 0.2) is 0 Å². The molecule has 2 aromatic rings. The zero-order valence-corrected chi connectivity index (χ0v) is 17.4. The molecule has 0 unspecified atom stereocenters. The van der Waals surface area contributed by atoms with Crippen LogP contribution in [-0.2, 0) is 12.4 Å². The maximum Gasteiger partial charge on any atom is 0.416 e. The standard InChI is InChI=1S/C18H16F6N6O4/c1-3-25-15-11(5-9(17(19,20)21)7-13(15)29(31)32)27-28-12-6-10(18(22,23)24)8-14(30(33)34)16(12)26-4-2/h5-8,25-26H,3-4H2,1-2H3. The smallest absolute Gasteiger partial charge is 0.378 e. The van der Waals surface area contributed by atoms with E-state index in [9.17, 15) is 46.6 Å². The highest BCUT2D eigenvalue weighted by molar-refractivity contribution is 5.79. The highest BCUT2D eigenvalue weighted by Gasteiger charge is 2.36. The maximum absolute atomic E-state index is 13.3. The third kappa shape index (κ3) is 5.87. The predicted molar refractivity (Wildman–Crippen MR) is 109 cm³/mol. The number of halogens is 6.